The number of likely N-dealkylation sites (tertiary alicyclic amines) is 1. The fourth-order valence-corrected chi connectivity index (χ4v) is 4.33. The highest BCUT2D eigenvalue weighted by atomic mass is 16.5. The summed E-state index contributed by atoms with van der Waals surface area (Å²) in [6.45, 7) is 11.8. The van der Waals surface area contributed by atoms with E-state index in [9.17, 15) is 0 Å². The number of rotatable bonds is 5. The van der Waals surface area contributed by atoms with Crippen LogP contribution in [0.5, 0.6) is 11.5 Å². The zero-order valence-corrected chi connectivity index (χ0v) is 16.8. The third-order valence-electron chi connectivity index (χ3n) is 5.85. The van der Waals surface area contributed by atoms with Gasteiger partial charge in [0.2, 0.25) is 0 Å². The van der Waals surface area contributed by atoms with Crippen molar-refractivity contribution in [2.45, 2.75) is 39.5 Å². The van der Waals surface area contributed by atoms with E-state index in [4.69, 9.17) is 14.2 Å². The Bertz CT molecular complexity index is 689. The number of ether oxygens (including phenoxy) is 3. The Balaban J connectivity index is 1.43. The van der Waals surface area contributed by atoms with Crippen LogP contribution in [0.15, 0.2) is 18.0 Å². The van der Waals surface area contributed by atoms with Crippen molar-refractivity contribution >= 4 is 0 Å². The standard InChI is InChI=1S/C22H32N2O3/c1-17-16-19-6-7-20(24-11-13-25-14-12-24)27-22(19)18(2)21(17)26-15-10-23-8-4-3-5-9-23/h7,16H,3-6,8-15H2,1-2H3. The predicted octanol–water partition coefficient (Wildman–Crippen LogP) is 3.28. The third kappa shape index (κ3) is 4.25. The summed E-state index contributed by atoms with van der Waals surface area (Å²) in [4.78, 5) is 4.80. The van der Waals surface area contributed by atoms with Crippen molar-refractivity contribution in [1.29, 1.82) is 0 Å². The Morgan fingerprint density at radius 3 is 2.59 bits per heavy atom. The van der Waals surface area contributed by atoms with Crippen LogP contribution in [0.2, 0.25) is 0 Å². The van der Waals surface area contributed by atoms with Crippen molar-refractivity contribution in [1.82, 2.24) is 9.80 Å². The van der Waals surface area contributed by atoms with E-state index in [0.29, 0.717) is 0 Å². The second-order valence-corrected chi connectivity index (χ2v) is 7.83. The van der Waals surface area contributed by atoms with Crippen LogP contribution in [0.4, 0.5) is 0 Å². The zero-order valence-electron chi connectivity index (χ0n) is 16.8. The molecule has 1 aromatic rings. The monoisotopic (exact) mass is 372 g/mol. The van der Waals surface area contributed by atoms with Gasteiger partial charge >= 0.3 is 0 Å². The van der Waals surface area contributed by atoms with Gasteiger partial charge in [0.15, 0.2) is 5.88 Å². The number of fused-ring (bicyclic) bond motifs is 1. The van der Waals surface area contributed by atoms with Gasteiger partial charge in [-0.2, -0.15) is 0 Å². The van der Waals surface area contributed by atoms with Crippen LogP contribution < -0.4 is 9.47 Å². The fraction of sp³-hybridized carbons (Fsp3) is 0.636. The Morgan fingerprint density at radius 2 is 1.81 bits per heavy atom. The predicted molar refractivity (Wildman–Crippen MR) is 107 cm³/mol. The first-order valence-electron chi connectivity index (χ1n) is 10.4. The fourth-order valence-electron chi connectivity index (χ4n) is 4.33. The highest BCUT2D eigenvalue weighted by molar-refractivity contribution is 5.55. The first-order valence-corrected chi connectivity index (χ1v) is 10.4. The van der Waals surface area contributed by atoms with E-state index in [0.717, 1.165) is 68.8 Å². The van der Waals surface area contributed by atoms with Crippen LogP contribution >= 0.6 is 0 Å². The van der Waals surface area contributed by atoms with Crippen molar-refractivity contribution in [2.24, 2.45) is 0 Å². The summed E-state index contributed by atoms with van der Waals surface area (Å²) in [6, 6.07) is 2.23. The molecule has 2 saturated heterocycles. The minimum Gasteiger partial charge on any atom is -0.492 e. The van der Waals surface area contributed by atoms with Crippen molar-refractivity contribution in [3.63, 3.8) is 0 Å². The van der Waals surface area contributed by atoms with Gasteiger partial charge in [0.25, 0.3) is 0 Å². The molecule has 0 radical (unpaired) electrons. The van der Waals surface area contributed by atoms with Crippen LogP contribution in [0, 0.1) is 13.8 Å². The summed E-state index contributed by atoms with van der Waals surface area (Å²) in [5.41, 5.74) is 3.59. The van der Waals surface area contributed by atoms with Gasteiger partial charge in [-0.3, -0.25) is 4.90 Å². The summed E-state index contributed by atoms with van der Waals surface area (Å²) in [6.07, 6.45) is 7.13. The number of benzene rings is 1. The first kappa shape index (κ1) is 18.6. The number of aryl methyl sites for hydroxylation is 1. The summed E-state index contributed by atoms with van der Waals surface area (Å²) >= 11 is 0. The average molecular weight is 373 g/mol. The topological polar surface area (TPSA) is 34.2 Å². The van der Waals surface area contributed by atoms with E-state index in [1.807, 2.05) is 0 Å². The Morgan fingerprint density at radius 1 is 1.04 bits per heavy atom. The van der Waals surface area contributed by atoms with E-state index in [-0.39, 0.29) is 0 Å². The maximum Gasteiger partial charge on any atom is 0.192 e. The van der Waals surface area contributed by atoms with Gasteiger partial charge in [0.1, 0.15) is 18.1 Å². The molecule has 0 aromatic heterocycles. The molecular weight excluding hydrogens is 340 g/mol. The second-order valence-electron chi connectivity index (χ2n) is 7.83. The lowest BCUT2D eigenvalue weighted by Gasteiger charge is -2.33. The molecule has 2 fully saturated rings. The number of hydrogen-bond acceptors (Lipinski definition) is 5. The highest BCUT2D eigenvalue weighted by Crippen LogP contribution is 2.39. The molecule has 0 spiro atoms. The zero-order chi connectivity index (χ0) is 18.6. The molecule has 1 aromatic carbocycles. The van der Waals surface area contributed by atoms with Gasteiger partial charge in [-0.15, -0.1) is 0 Å². The molecule has 3 aliphatic rings. The van der Waals surface area contributed by atoms with Crippen LogP contribution in [0.3, 0.4) is 0 Å². The molecule has 3 heterocycles. The van der Waals surface area contributed by atoms with E-state index in [1.54, 1.807) is 0 Å². The second kappa shape index (κ2) is 8.53. The maximum absolute atomic E-state index is 6.34. The van der Waals surface area contributed by atoms with Crippen LogP contribution in [0.1, 0.15) is 36.0 Å². The SMILES string of the molecule is Cc1cc2c(c(C)c1OCCN1CCCCC1)OC(N1CCOCC1)=CC2. The molecule has 0 unspecified atom stereocenters. The van der Waals surface area contributed by atoms with Crippen molar-refractivity contribution in [3.8, 4) is 11.5 Å². The number of hydrogen-bond donors (Lipinski definition) is 0. The molecule has 5 nitrogen and oxygen atoms in total. The summed E-state index contributed by atoms with van der Waals surface area (Å²) in [7, 11) is 0. The van der Waals surface area contributed by atoms with E-state index < -0.39 is 0 Å². The number of piperidine rings is 1. The van der Waals surface area contributed by atoms with E-state index in [2.05, 4.69) is 35.8 Å². The molecule has 5 heteroatoms. The van der Waals surface area contributed by atoms with Crippen molar-refractivity contribution in [2.75, 3.05) is 52.5 Å². The molecule has 0 bridgehead atoms. The number of allylic oxidation sites excluding steroid dienone is 1. The maximum atomic E-state index is 6.34. The Kier molecular flexibility index (Phi) is 5.89. The molecule has 148 valence electrons. The highest BCUT2D eigenvalue weighted by Gasteiger charge is 2.24. The van der Waals surface area contributed by atoms with E-state index in [1.165, 1.54) is 43.5 Å². The van der Waals surface area contributed by atoms with Gasteiger partial charge in [0, 0.05) is 25.2 Å². The molecule has 0 amide bonds. The van der Waals surface area contributed by atoms with Gasteiger partial charge in [0.05, 0.1) is 13.2 Å². The quantitative estimate of drug-likeness (QED) is 0.792. The van der Waals surface area contributed by atoms with Crippen molar-refractivity contribution < 1.29 is 14.2 Å². The lowest BCUT2D eigenvalue weighted by Crippen LogP contribution is -2.38. The molecule has 4 rings (SSSR count). The molecule has 0 saturated carbocycles. The summed E-state index contributed by atoms with van der Waals surface area (Å²) in [5, 5.41) is 0. The van der Waals surface area contributed by atoms with Gasteiger partial charge in [-0.05, 0) is 69.5 Å². The van der Waals surface area contributed by atoms with Crippen LogP contribution in [-0.2, 0) is 11.2 Å². The average Bonchev–Trinajstić information content (AvgIpc) is 2.72. The molecule has 3 aliphatic heterocycles. The lowest BCUT2D eigenvalue weighted by atomic mass is 10.00. The molecule has 27 heavy (non-hydrogen) atoms. The van der Waals surface area contributed by atoms with Crippen LogP contribution in [-0.4, -0.2) is 62.3 Å². The summed E-state index contributed by atoms with van der Waals surface area (Å²) in [5.74, 6) is 2.95. The number of morpholine rings is 1. The normalized spacial score (nSPS) is 20.7. The largest absolute Gasteiger partial charge is 0.492 e. The Hall–Kier alpha value is -1.72. The molecule has 0 N–H and O–H groups in total. The van der Waals surface area contributed by atoms with Gasteiger partial charge < -0.3 is 19.1 Å². The summed E-state index contributed by atoms with van der Waals surface area (Å²) < 4.78 is 18.0. The molecule has 0 atom stereocenters. The number of nitrogens with zero attached hydrogens (tertiary/aromatic N) is 2. The minimum atomic E-state index is 0.743. The third-order valence-corrected chi connectivity index (χ3v) is 5.85. The minimum absolute atomic E-state index is 0.743. The van der Waals surface area contributed by atoms with Gasteiger partial charge in [-0.25, -0.2) is 0 Å². The molecule has 0 aliphatic carbocycles. The lowest BCUT2D eigenvalue weighted by molar-refractivity contribution is 0.0338. The smallest absolute Gasteiger partial charge is 0.192 e. The van der Waals surface area contributed by atoms with Crippen molar-refractivity contribution in [3.05, 3.63) is 34.7 Å². The Labute approximate surface area is 162 Å². The van der Waals surface area contributed by atoms with Gasteiger partial charge in [-0.1, -0.05) is 6.42 Å². The van der Waals surface area contributed by atoms with E-state index >= 15 is 0 Å². The van der Waals surface area contributed by atoms with Crippen LogP contribution in [0.25, 0.3) is 0 Å². The first-order chi connectivity index (χ1) is 13.2. The molecular formula is C22H32N2O3.